The van der Waals surface area contributed by atoms with Crippen molar-refractivity contribution in [2.45, 2.75) is 50.3 Å². The van der Waals surface area contributed by atoms with Crippen molar-refractivity contribution >= 4 is 7.52 Å². The van der Waals surface area contributed by atoms with E-state index in [1.807, 2.05) is 30.3 Å². The molecule has 9 heteroatoms. The fourth-order valence-electron chi connectivity index (χ4n) is 3.30. The molecule has 3 rings (SSSR count). The molecule has 2 fully saturated rings. The van der Waals surface area contributed by atoms with Crippen molar-refractivity contribution in [1.29, 1.82) is 5.26 Å². The van der Waals surface area contributed by atoms with Crippen LogP contribution in [0, 0.1) is 11.3 Å². The summed E-state index contributed by atoms with van der Waals surface area (Å²) in [6, 6.07) is 11.9. The van der Waals surface area contributed by atoms with E-state index in [9.17, 15) is 9.83 Å². The Morgan fingerprint density at radius 1 is 1.30 bits per heavy atom. The Balaban J connectivity index is 1.79. The Morgan fingerprint density at radius 2 is 2.00 bits per heavy atom. The lowest BCUT2D eigenvalue weighted by atomic mass is 9.91. The molecule has 0 saturated carbocycles. The van der Waals surface area contributed by atoms with E-state index in [1.54, 1.807) is 13.8 Å². The first-order valence-electron chi connectivity index (χ1n) is 8.68. The number of rotatable bonds is 7. The topological polar surface area (TPSA) is 99.0 Å². The zero-order valence-electron chi connectivity index (χ0n) is 15.9. The van der Waals surface area contributed by atoms with Gasteiger partial charge in [0.25, 0.3) is 7.52 Å². The zero-order chi connectivity index (χ0) is 19.7. The Hall–Kier alpha value is -1.30. The third-order valence-corrected chi connectivity index (χ3v) is 6.09. The predicted molar refractivity (Wildman–Crippen MR) is 96.8 cm³/mol. The Morgan fingerprint density at radius 3 is 2.63 bits per heavy atom. The number of hydrogen-bond donors (Lipinski definition) is 1. The molecule has 0 aliphatic carbocycles. The van der Waals surface area contributed by atoms with Gasteiger partial charge in [-0.05, 0) is 19.4 Å². The minimum atomic E-state index is -3.27. The number of nitrogens with zero attached hydrogens (tertiary/aromatic N) is 1. The highest BCUT2D eigenvalue weighted by Crippen LogP contribution is 2.49. The SMILES string of the molecule is COP(C)(=O)N[C@@]1(C#N)[C@@H](COCc2ccccc2)O[C@@H]2OC(C)(C)O[C@@H]21. The van der Waals surface area contributed by atoms with Crippen molar-refractivity contribution in [3.63, 3.8) is 0 Å². The van der Waals surface area contributed by atoms with Gasteiger partial charge in [-0.1, -0.05) is 30.3 Å². The van der Waals surface area contributed by atoms with E-state index in [4.69, 9.17) is 23.5 Å². The molecular weight excluding hydrogens is 371 g/mol. The molecular formula is C18H25N2O6P. The molecule has 0 radical (unpaired) electrons. The largest absolute Gasteiger partial charge is 0.374 e. The molecule has 0 bridgehead atoms. The maximum absolute atomic E-state index is 12.6. The van der Waals surface area contributed by atoms with Crippen LogP contribution in [0.2, 0.25) is 0 Å². The number of fused-ring (bicyclic) bond motifs is 1. The summed E-state index contributed by atoms with van der Waals surface area (Å²) in [5.74, 6) is -0.917. The number of nitrogens with one attached hydrogen (secondary N) is 1. The van der Waals surface area contributed by atoms with E-state index in [0.29, 0.717) is 6.61 Å². The first kappa shape index (κ1) is 20.4. The van der Waals surface area contributed by atoms with E-state index in [-0.39, 0.29) is 6.61 Å². The van der Waals surface area contributed by atoms with Crippen molar-refractivity contribution in [3.05, 3.63) is 35.9 Å². The van der Waals surface area contributed by atoms with E-state index in [0.717, 1.165) is 5.56 Å². The Bertz CT molecular complexity index is 752. The van der Waals surface area contributed by atoms with Crippen LogP contribution in [0.25, 0.3) is 0 Å². The van der Waals surface area contributed by atoms with Gasteiger partial charge in [0.2, 0.25) is 0 Å². The molecule has 0 aromatic heterocycles. The Labute approximate surface area is 159 Å². The van der Waals surface area contributed by atoms with Gasteiger partial charge in [0, 0.05) is 13.8 Å². The van der Waals surface area contributed by atoms with Crippen LogP contribution in [0.3, 0.4) is 0 Å². The lowest BCUT2D eigenvalue weighted by Gasteiger charge is -2.34. The molecule has 1 aromatic rings. The summed E-state index contributed by atoms with van der Waals surface area (Å²) in [5.41, 5.74) is -0.437. The van der Waals surface area contributed by atoms with E-state index in [2.05, 4.69) is 11.2 Å². The molecule has 1 N–H and O–H groups in total. The minimum absolute atomic E-state index is 0.0965. The van der Waals surface area contributed by atoms with Gasteiger partial charge >= 0.3 is 0 Å². The van der Waals surface area contributed by atoms with Gasteiger partial charge in [0.1, 0.15) is 12.2 Å². The Kier molecular flexibility index (Phi) is 5.76. The molecule has 2 aliphatic heterocycles. The van der Waals surface area contributed by atoms with Crippen molar-refractivity contribution in [2.75, 3.05) is 20.4 Å². The normalized spacial score (nSPS) is 34.0. The van der Waals surface area contributed by atoms with Crippen LogP contribution >= 0.6 is 7.52 Å². The van der Waals surface area contributed by atoms with Gasteiger partial charge in [-0.2, -0.15) is 5.26 Å². The summed E-state index contributed by atoms with van der Waals surface area (Å²) in [6.07, 6.45) is -2.29. The van der Waals surface area contributed by atoms with Gasteiger partial charge in [-0.15, -0.1) is 0 Å². The molecule has 2 saturated heterocycles. The summed E-state index contributed by atoms with van der Waals surface area (Å²) in [7, 11) is -1.94. The van der Waals surface area contributed by atoms with Gasteiger partial charge in [0.15, 0.2) is 17.6 Å². The van der Waals surface area contributed by atoms with Crippen LogP contribution in [-0.4, -0.2) is 50.2 Å². The molecule has 2 aliphatic rings. The van der Waals surface area contributed by atoms with Gasteiger partial charge < -0.3 is 23.5 Å². The van der Waals surface area contributed by atoms with Crippen LogP contribution in [0.4, 0.5) is 0 Å². The molecule has 1 unspecified atom stereocenters. The molecule has 148 valence electrons. The minimum Gasteiger partial charge on any atom is -0.374 e. The van der Waals surface area contributed by atoms with Crippen LogP contribution in [0.5, 0.6) is 0 Å². The average molecular weight is 396 g/mol. The quantitative estimate of drug-likeness (QED) is 0.702. The van der Waals surface area contributed by atoms with Crippen molar-refractivity contribution in [1.82, 2.24) is 5.09 Å². The first-order valence-corrected chi connectivity index (χ1v) is 10.8. The molecule has 5 atom stereocenters. The van der Waals surface area contributed by atoms with Crippen LogP contribution < -0.4 is 5.09 Å². The molecule has 27 heavy (non-hydrogen) atoms. The third kappa shape index (κ3) is 4.25. The van der Waals surface area contributed by atoms with Crippen molar-refractivity contribution in [2.24, 2.45) is 0 Å². The van der Waals surface area contributed by atoms with Gasteiger partial charge in [-0.25, -0.2) is 5.09 Å². The van der Waals surface area contributed by atoms with E-state index in [1.165, 1.54) is 13.8 Å². The fourth-order valence-corrected chi connectivity index (χ4v) is 4.38. The molecule has 0 amide bonds. The smallest absolute Gasteiger partial charge is 0.267 e. The average Bonchev–Trinajstić information content (AvgIpc) is 3.07. The monoisotopic (exact) mass is 396 g/mol. The summed E-state index contributed by atoms with van der Waals surface area (Å²) in [4.78, 5) is 0. The standard InChI is InChI=1S/C18H25N2O6P/c1-17(2)25-15-16(26-17)24-14(11-23-10-13-8-6-5-7-9-13)18(15,12-19)20-27(4,21)22-3/h5-9,14-16H,10-11H2,1-4H3,(H,20,21)/t14-,15+,16-,18+,27?/m1/s1. The second kappa shape index (κ2) is 7.61. The number of benzene rings is 1. The van der Waals surface area contributed by atoms with Gasteiger partial charge in [0.05, 0.1) is 19.3 Å². The first-order chi connectivity index (χ1) is 12.7. The highest BCUT2D eigenvalue weighted by molar-refractivity contribution is 7.56. The zero-order valence-corrected chi connectivity index (χ0v) is 16.8. The van der Waals surface area contributed by atoms with E-state index < -0.39 is 37.3 Å². The van der Waals surface area contributed by atoms with Crippen LogP contribution in [-0.2, 0) is 34.6 Å². The van der Waals surface area contributed by atoms with Crippen LogP contribution in [0.1, 0.15) is 19.4 Å². The molecule has 8 nitrogen and oxygen atoms in total. The lowest BCUT2D eigenvalue weighted by Crippen LogP contribution is -2.58. The number of nitriles is 1. The number of hydrogen-bond acceptors (Lipinski definition) is 7. The second-order valence-corrected chi connectivity index (χ2v) is 9.45. The predicted octanol–water partition coefficient (Wildman–Crippen LogP) is 2.40. The highest BCUT2D eigenvalue weighted by Gasteiger charge is 2.65. The third-order valence-electron chi connectivity index (χ3n) is 4.62. The molecule has 1 aromatic carbocycles. The summed E-state index contributed by atoms with van der Waals surface area (Å²) >= 11 is 0. The fraction of sp³-hybridized carbons (Fsp3) is 0.611. The highest BCUT2D eigenvalue weighted by atomic mass is 31.2. The van der Waals surface area contributed by atoms with Gasteiger partial charge in [-0.3, -0.25) is 4.57 Å². The van der Waals surface area contributed by atoms with E-state index >= 15 is 0 Å². The number of ether oxygens (including phenoxy) is 4. The maximum Gasteiger partial charge on any atom is 0.267 e. The lowest BCUT2D eigenvalue weighted by molar-refractivity contribution is -0.215. The summed E-state index contributed by atoms with van der Waals surface area (Å²) < 4.78 is 41.0. The summed E-state index contributed by atoms with van der Waals surface area (Å²) in [6.45, 7) is 5.33. The maximum atomic E-state index is 12.6. The summed E-state index contributed by atoms with van der Waals surface area (Å²) in [5, 5.41) is 12.9. The molecule has 0 spiro atoms. The van der Waals surface area contributed by atoms with Crippen molar-refractivity contribution in [3.8, 4) is 6.07 Å². The molecule has 2 heterocycles. The van der Waals surface area contributed by atoms with Crippen LogP contribution in [0.15, 0.2) is 30.3 Å². The van der Waals surface area contributed by atoms with Crippen molar-refractivity contribution < 1.29 is 28.0 Å². The second-order valence-electron chi connectivity index (χ2n) is 7.17.